The summed E-state index contributed by atoms with van der Waals surface area (Å²) in [5.74, 6) is -0.0179. The first kappa shape index (κ1) is 19.0. The van der Waals surface area contributed by atoms with Crippen LogP contribution in [0.2, 0.25) is 5.02 Å². The Hall–Kier alpha value is -2.33. The van der Waals surface area contributed by atoms with Crippen LogP contribution in [0, 0.1) is 6.92 Å². The third kappa shape index (κ3) is 5.33. The number of carbonyl (C=O) groups is 2. The van der Waals surface area contributed by atoms with Gasteiger partial charge < -0.3 is 10.6 Å². The Morgan fingerprint density at radius 1 is 1.08 bits per heavy atom. The lowest BCUT2D eigenvalue weighted by molar-refractivity contribution is -0.116. The van der Waals surface area contributed by atoms with Gasteiger partial charge in [0, 0.05) is 29.2 Å². The standard InChI is InChI=1S/C20H23ClN2O2/c1-13(2)17-6-4-5-14(3)19(17)23-18(24)11-12-22-20(25)15-7-9-16(21)10-8-15/h4-10,13H,11-12H2,1-3H3,(H,22,25)(H,23,24). The lowest BCUT2D eigenvalue weighted by Crippen LogP contribution is -2.27. The average molecular weight is 359 g/mol. The third-order valence-electron chi connectivity index (χ3n) is 3.94. The molecule has 0 aromatic heterocycles. The Bertz CT molecular complexity index is 755. The Kier molecular flexibility index (Phi) is 6.59. The van der Waals surface area contributed by atoms with E-state index in [1.165, 1.54) is 0 Å². The van der Waals surface area contributed by atoms with Crippen molar-refractivity contribution in [3.8, 4) is 0 Å². The van der Waals surface area contributed by atoms with Crippen molar-refractivity contribution < 1.29 is 9.59 Å². The van der Waals surface area contributed by atoms with Crippen LogP contribution in [0.5, 0.6) is 0 Å². The van der Waals surface area contributed by atoms with E-state index in [1.54, 1.807) is 24.3 Å². The van der Waals surface area contributed by atoms with Gasteiger partial charge in [-0.1, -0.05) is 43.6 Å². The topological polar surface area (TPSA) is 58.2 Å². The summed E-state index contributed by atoms with van der Waals surface area (Å²) in [4.78, 5) is 24.2. The second-order valence-corrected chi connectivity index (χ2v) is 6.69. The number of hydrogen-bond acceptors (Lipinski definition) is 2. The van der Waals surface area contributed by atoms with Gasteiger partial charge in [0.2, 0.25) is 5.91 Å². The van der Waals surface area contributed by atoms with E-state index in [4.69, 9.17) is 11.6 Å². The SMILES string of the molecule is Cc1cccc(C(C)C)c1NC(=O)CCNC(=O)c1ccc(Cl)cc1. The van der Waals surface area contributed by atoms with Gasteiger partial charge in [-0.3, -0.25) is 9.59 Å². The number of benzene rings is 2. The number of anilines is 1. The molecule has 0 saturated heterocycles. The van der Waals surface area contributed by atoms with E-state index < -0.39 is 0 Å². The maximum Gasteiger partial charge on any atom is 0.251 e. The molecule has 2 aromatic carbocycles. The summed E-state index contributed by atoms with van der Waals surface area (Å²) in [6.45, 7) is 6.44. The molecule has 132 valence electrons. The smallest absolute Gasteiger partial charge is 0.251 e. The second-order valence-electron chi connectivity index (χ2n) is 6.25. The summed E-state index contributed by atoms with van der Waals surface area (Å²) < 4.78 is 0. The van der Waals surface area contributed by atoms with Crippen LogP contribution in [0.15, 0.2) is 42.5 Å². The molecule has 0 heterocycles. The molecule has 2 N–H and O–H groups in total. The van der Waals surface area contributed by atoms with Crippen molar-refractivity contribution in [2.24, 2.45) is 0 Å². The van der Waals surface area contributed by atoms with E-state index in [9.17, 15) is 9.59 Å². The summed E-state index contributed by atoms with van der Waals surface area (Å²) in [7, 11) is 0. The number of hydrogen-bond donors (Lipinski definition) is 2. The van der Waals surface area contributed by atoms with Crippen LogP contribution >= 0.6 is 11.6 Å². The maximum atomic E-state index is 12.2. The van der Waals surface area contributed by atoms with Crippen LogP contribution in [-0.2, 0) is 4.79 Å². The summed E-state index contributed by atoms with van der Waals surface area (Å²) >= 11 is 5.80. The molecule has 2 rings (SSSR count). The number of aryl methyl sites for hydroxylation is 1. The van der Waals surface area contributed by atoms with E-state index in [0.717, 1.165) is 16.8 Å². The van der Waals surface area contributed by atoms with Crippen LogP contribution in [0.3, 0.4) is 0 Å². The Morgan fingerprint density at radius 2 is 1.76 bits per heavy atom. The second kappa shape index (κ2) is 8.67. The van der Waals surface area contributed by atoms with E-state index in [0.29, 0.717) is 16.5 Å². The van der Waals surface area contributed by atoms with Crippen molar-refractivity contribution in [2.75, 3.05) is 11.9 Å². The molecule has 0 aliphatic carbocycles. The molecular weight excluding hydrogens is 336 g/mol. The third-order valence-corrected chi connectivity index (χ3v) is 4.19. The highest BCUT2D eigenvalue weighted by Crippen LogP contribution is 2.27. The highest BCUT2D eigenvalue weighted by atomic mass is 35.5. The molecule has 0 bridgehead atoms. The van der Waals surface area contributed by atoms with Crippen molar-refractivity contribution in [3.63, 3.8) is 0 Å². The van der Waals surface area contributed by atoms with E-state index in [1.807, 2.05) is 25.1 Å². The van der Waals surface area contributed by atoms with Crippen LogP contribution < -0.4 is 10.6 Å². The van der Waals surface area contributed by atoms with Crippen molar-refractivity contribution >= 4 is 29.1 Å². The van der Waals surface area contributed by atoms with Gasteiger partial charge >= 0.3 is 0 Å². The highest BCUT2D eigenvalue weighted by Gasteiger charge is 2.12. The van der Waals surface area contributed by atoms with Crippen LogP contribution in [0.4, 0.5) is 5.69 Å². The molecule has 2 amide bonds. The minimum absolute atomic E-state index is 0.118. The van der Waals surface area contributed by atoms with Gasteiger partial charge in [0.25, 0.3) is 5.91 Å². The fraction of sp³-hybridized carbons (Fsp3) is 0.300. The molecule has 25 heavy (non-hydrogen) atoms. The summed E-state index contributed by atoms with van der Waals surface area (Å²) in [5.41, 5.74) is 3.53. The van der Waals surface area contributed by atoms with Crippen molar-refractivity contribution in [1.82, 2.24) is 5.32 Å². The van der Waals surface area contributed by atoms with Gasteiger partial charge in [-0.15, -0.1) is 0 Å². The highest BCUT2D eigenvalue weighted by molar-refractivity contribution is 6.30. The van der Waals surface area contributed by atoms with Gasteiger partial charge in [0.1, 0.15) is 0 Å². The predicted molar refractivity (Wildman–Crippen MR) is 102 cm³/mol. The first-order valence-corrected chi connectivity index (χ1v) is 8.69. The minimum atomic E-state index is -0.219. The zero-order chi connectivity index (χ0) is 18.4. The van der Waals surface area contributed by atoms with Crippen LogP contribution in [0.25, 0.3) is 0 Å². The van der Waals surface area contributed by atoms with E-state index in [-0.39, 0.29) is 24.8 Å². The number of para-hydroxylation sites is 1. The van der Waals surface area contributed by atoms with Crippen molar-refractivity contribution in [3.05, 3.63) is 64.2 Å². The Balaban J connectivity index is 1.89. The fourth-order valence-corrected chi connectivity index (χ4v) is 2.66. The van der Waals surface area contributed by atoms with Gasteiger partial charge in [0.05, 0.1) is 0 Å². The monoisotopic (exact) mass is 358 g/mol. The molecule has 5 heteroatoms. The number of halogens is 1. The first-order chi connectivity index (χ1) is 11.9. The van der Waals surface area contributed by atoms with Gasteiger partial charge in [-0.25, -0.2) is 0 Å². The Morgan fingerprint density at radius 3 is 2.40 bits per heavy atom. The average Bonchev–Trinajstić information content (AvgIpc) is 2.57. The van der Waals surface area contributed by atoms with Crippen LogP contribution in [-0.4, -0.2) is 18.4 Å². The summed E-state index contributed by atoms with van der Waals surface area (Å²) in [5, 5.41) is 6.30. The van der Waals surface area contributed by atoms with Crippen molar-refractivity contribution in [1.29, 1.82) is 0 Å². The summed E-state index contributed by atoms with van der Waals surface area (Å²) in [6, 6.07) is 12.6. The van der Waals surface area contributed by atoms with E-state index >= 15 is 0 Å². The maximum absolute atomic E-state index is 12.2. The fourth-order valence-electron chi connectivity index (χ4n) is 2.54. The van der Waals surface area contributed by atoms with Crippen LogP contribution in [0.1, 0.15) is 47.7 Å². The molecule has 0 atom stereocenters. The molecule has 0 saturated carbocycles. The number of carbonyl (C=O) groups excluding carboxylic acids is 2. The number of nitrogens with one attached hydrogen (secondary N) is 2. The lowest BCUT2D eigenvalue weighted by atomic mass is 9.98. The van der Waals surface area contributed by atoms with Gasteiger partial charge in [-0.2, -0.15) is 0 Å². The lowest BCUT2D eigenvalue weighted by Gasteiger charge is -2.16. The molecular formula is C20H23ClN2O2. The van der Waals surface area contributed by atoms with Gasteiger partial charge in [-0.05, 0) is 48.2 Å². The Labute approximate surface area is 153 Å². The molecule has 0 aliphatic rings. The first-order valence-electron chi connectivity index (χ1n) is 8.31. The molecule has 0 aliphatic heterocycles. The van der Waals surface area contributed by atoms with Gasteiger partial charge in [0.15, 0.2) is 0 Å². The summed E-state index contributed by atoms with van der Waals surface area (Å²) in [6.07, 6.45) is 0.213. The normalized spacial score (nSPS) is 10.6. The largest absolute Gasteiger partial charge is 0.352 e. The zero-order valence-corrected chi connectivity index (χ0v) is 15.5. The van der Waals surface area contributed by atoms with E-state index in [2.05, 4.69) is 24.5 Å². The molecule has 0 spiro atoms. The number of amides is 2. The minimum Gasteiger partial charge on any atom is -0.352 e. The van der Waals surface area contributed by atoms with Crippen molar-refractivity contribution in [2.45, 2.75) is 33.1 Å². The molecule has 0 radical (unpaired) electrons. The zero-order valence-electron chi connectivity index (χ0n) is 14.7. The predicted octanol–water partition coefficient (Wildman–Crippen LogP) is 4.53. The molecule has 0 unspecified atom stereocenters. The molecule has 2 aromatic rings. The quantitative estimate of drug-likeness (QED) is 0.797. The number of rotatable bonds is 6. The molecule has 0 fully saturated rings. The molecule has 4 nitrogen and oxygen atoms in total.